The summed E-state index contributed by atoms with van der Waals surface area (Å²) in [5.74, 6) is 1.36. The Morgan fingerprint density at radius 2 is 1.44 bits per heavy atom. The number of hydrogen-bond donors (Lipinski definition) is 0. The maximum atomic E-state index is 13.3. The number of rotatable bonds is 6. The van der Waals surface area contributed by atoms with Gasteiger partial charge in [-0.2, -0.15) is 8.61 Å². The predicted octanol–water partition coefficient (Wildman–Crippen LogP) is 2.63. The van der Waals surface area contributed by atoms with Gasteiger partial charge in [-0.15, -0.1) is 0 Å². The van der Waals surface area contributed by atoms with Crippen LogP contribution < -0.4 is 9.47 Å². The second-order valence-electron chi connectivity index (χ2n) is 7.77. The first-order valence-corrected chi connectivity index (χ1v) is 13.7. The zero-order valence-electron chi connectivity index (χ0n) is 18.3. The number of nitrogens with zero attached hydrogens (tertiary/aromatic N) is 2. The lowest BCUT2D eigenvalue weighted by Gasteiger charge is -2.29. The van der Waals surface area contributed by atoms with Gasteiger partial charge in [-0.25, -0.2) is 16.8 Å². The summed E-state index contributed by atoms with van der Waals surface area (Å²) in [4.78, 5) is 0.165. The molecule has 0 unspecified atom stereocenters. The summed E-state index contributed by atoms with van der Waals surface area (Å²) in [6.45, 7) is 5.98. The Hall–Kier alpha value is -2.14. The molecule has 2 aliphatic rings. The van der Waals surface area contributed by atoms with Gasteiger partial charge in [0.15, 0.2) is 11.5 Å². The molecule has 0 aromatic heterocycles. The van der Waals surface area contributed by atoms with Crippen LogP contribution in [0.1, 0.15) is 31.4 Å². The SMILES string of the molecule is CCN(CC)S(=O)(=O)c1ccc(S(=O)(=O)N2CCc3cc4c(cc3C2)OCCCO4)cc1. The fourth-order valence-electron chi connectivity index (χ4n) is 4.04. The highest BCUT2D eigenvalue weighted by atomic mass is 32.2. The number of fused-ring (bicyclic) bond motifs is 2. The first-order chi connectivity index (χ1) is 15.3. The van der Waals surface area contributed by atoms with E-state index in [4.69, 9.17) is 9.47 Å². The molecule has 4 rings (SSSR count). The van der Waals surface area contributed by atoms with Gasteiger partial charge in [0, 0.05) is 32.6 Å². The molecule has 0 amide bonds. The maximum Gasteiger partial charge on any atom is 0.243 e. The molecule has 32 heavy (non-hydrogen) atoms. The van der Waals surface area contributed by atoms with Crippen molar-refractivity contribution in [2.45, 2.75) is 43.0 Å². The largest absolute Gasteiger partial charge is 0.490 e. The molecule has 0 saturated carbocycles. The highest BCUT2D eigenvalue weighted by Crippen LogP contribution is 2.36. The van der Waals surface area contributed by atoms with Crippen molar-refractivity contribution in [3.05, 3.63) is 47.5 Å². The van der Waals surface area contributed by atoms with E-state index in [2.05, 4.69) is 0 Å². The van der Waals surface area contributed by atoms with Crippen LogP contribution in [-0.4, -0.2) is 58.3 Å². The zero-order valence-corrected chi connectivity index (χ0v) is 19.9. The first kappa shape index (κ1) is 23.0. The van der Waals surface area contributed by atoms with E-state index in [9.17, 15) is 16.8 Å². The highest BCUT2D eigenvalue weighted by Gasteiger charge is 2.30. The molecule has 2 aromatic carbocycles. The van der Waals surface area contributed by atoms with Crippen molar-refractivity contribution < 1.29 is 26.3 Å². The summed E-state index contributed by atoms with van der Waals surface area (Å²) in [6.07, 6.45) is 1.37. The van der Waals surface area contributed by atoms with E-state index in [0.717, 1.165) is 17.5 Å². The molecular formula is C22H28N2O6S2. The normalized spacial score (nSPS) is 17.1. The quantitative estimate of drug-likeness (QED) is 0.631. The van der Waals surface area contributed by atoms with Crippen LogP contribution in [0.3, 0.4) is 0 Å². The van der Waals surface area contributed by atoms with E-state index in [1.54, 1.807) is 13.8 Å². The summed E-state index contributed by atoms with van der Waals surface area (Å²) in [7, 11) is -7.41. The van der Waals surface area contributed by atoms with Gasteiger partial charge < -0.3 is 9.47 Å². The summed E-state index contributed by atoms with van der Waals surface area (Å²) < 4.78 is 66.1. The average molecular weight is 481 g/mol. The van der Waals surface area contributed by atoms with Gasteiger partial charge in [-0.05, 0) is 53.9 Å². The fraction of sp³-hybridized carbons (Fsp3) is 0.455. The van der Waals surface area contributed by atoms with Gasteiger partial charge in [0.2, 0.25) is 20.0 Å². The number of sulfonamides is 2. The van der Waals surface area contributed by atoms with Crippen molar-refractivity contribution in [1.82, 2.24) is 8.61 Å². The van der Waals surface area contributed by atoms with E-state index in [0.29, 0.717) is 50.8 Å². The van der Waals surface area contributed by atoms with E-state index >= 15 is 0 Å². The molecule has 0 saturated heterocycles. The smallest absolute Gasteiger partial charge is 0.243 e. The van der Waals surface area contributed by atoms with Gasteiger partial charge in [0.25, 0.3) is 0 Å². The minimum Gasteiger partial charge on any atom is -0.490 e. The van der Waals surface area contributed by atoms with Crippen molar-refractivity contribution in [3.8, 4) is 11.5 Å². The molecule has 0 spiro atoms. The van der Waals surface area contributed by atoms with Gasteiger partial charge in [-0.3, -0.25) is 0 Å². The maximum absolute atomic E-state index is 13.3. The molecule has 0 radical (unpaired) electrons. The van der Waals surface area contributed by atoms with Crippen molar-refractivity contribution >= 4 is 20.0 Å². The van der Waals surface area contributed by atoms with Crippen molar-refractivity contribution in [3.63, 3.8) is 0 Å². The van der Waals surface area contributed by atoms with Gasteiger partial charge in [-0.1, -0.05) is 13.8 Å². The van der Waals surface area contributed by atoms with Crippen molar-refractivity contribution in [2.24, 2.45) is 0 Å². The Labute approximate surface area is 189 Å². The van der Waals surface area contributed by atoms with E-state index < -0.39 is 20.0 Å². The molecule has 10 heteroatoms. The van der Waals surface area contributed by atoms with Crippen molar-refractivity contribution in [1.29, 1.82) is 0 Å². The number of hydrogen-bond acceptors (Lipinski definition) is 6. The van der Waals surface area contributed by atoms with Gasteiger partial charge in [0.05, 0.1) is 23.0 Å². The van der Waals surface area contributed by atoms with E-state index in [1.807, 2.05) is 12.1 Å². The third-order valence-electron chi connectivity index (χ3n) is 5.85. The molecule has 0 aliphatic carbocycles. The van der Waals surface area contributed by atoms with Crippen LogP contribution in [0.25, 0.3) is 0 Å². The lowest BCUT2D eigenvalue weighted by atomic mass is 10.0. The predicted molar refractivity (Wildman–Crippen MR) is 120 cm³/mol. The van der Waals surface area contributed by atoms with Crippen LogP contribution >= 0.6 is 0 Å². The molecule has 0 fully saturated rings. The molecule has 174 valence electrons. The summed E-state index contributed by atoms with van der Waals surface area (Å²) in [5.41, 5.74) is 1.95. The molecule has 2 heterocycles. The second-order valence-corrected chi connectivity index (χ2v) is 11.6. The molecule has 0 N–H and O–H groups in total. The third kappa shape index (κ3) is 4.24. The molecular weight excluding hydrogens is 452 g/mol. The molecule has 2 aliphatic heterocycles. The minimum absolute atomic E-state index is 0.0776. The number of ether oxygens (including phenoxy) is 2. The standard InChI is InChI=1S/C22H28N2O6S2/c1-3-23(4-2)31(25,26)19-6-8-20(9-7-19)32(27,28)24-11-10-17-14-21-22(15-18(17)16-24)30-13-5-12-29-21/h6-9,14-15H,3-5,10-13,16H2,1-2H3. The van der Waals surface area contributed by atoms with Crippen molar-refractivity contribution in [2.75, 3.05) is 32.8 Å². The van der Waals surface area contributed by atoms with Crippen LogP contribution in [0, 0.1) is 0 Å². The highest BCUT2D eigenvalue weighted by molar-refractivity contribution is 7.89. The topological polar surface area (TPSA) is 93.2 Å². The van der Waals surface area contributed by atoms with Crippen LogP contribution in [0.15, 0.2) is 46.2 Å². The molecule has 2 aromatic rings. The summed E-state index contributed by atoms with van der Waals surface area (Å²) in [5, 5.41) is 0. The van der Waals surface area contributed by atoms with E-state index in [-0.39, 0.29) is 16.3 Å². The minimum atomic E-state index is -3.77. The first-order valence-electron chi connectivity index (χ1n) is 10.8. The lowest BCUT2D eigenvalue weighted by molar-refractivity contribution is 0.297. The van der Waals surface area contributed by atoms with Gasteiger partial charge in [0.1, 0.15) is 0 Å². The monoisotopic (exact) mass is 480 g/mol. The van der Waals surface area contributed by atoms with E-state index in [1.165, 1.54) is 32.9 Å². The van der Waals surface area contributed by atoms with Crippen LogP contribution in [0.5, 0.6) is 11.5 Å². The Kier molecular flexibility index (Phi) is 6.49. The van der Waals surface area contributed by atoms with Crippen LogP contribution in [0.4, 0.5) is 0 Å². The molecule has 0 bridgehead atoms. The average Bonchev–Trinajstić information content (AvgIpc) is 3.02. The lowest BCUT2D eigenvalue weighted by Crippen LogP contribution is -2.36. The van der Waals surface area contributed by atoms with Gasteiger partial charge >= 0.3 is 0 Å². The molecule has 8 nitrogen and oxygen atoms in total. The molecule has 0 atom stereocenters. The zero-order chi connectivity index (χ0) is 22.9. The van der Waals surface area contributed by atoms with Crippen LogP contribution in [0.2, 0.25) is 0 Å². The Bertz CT molecular complexity index is 1190. The Morgan fingerprint density at radius 1 is 0.875 bits per heavy atom. The Balaban J connectivity index is 1.58. The third-order valence-corrected chi connectivity index (χ3v) is 9.78. The summed E-state index contributed by atoms with van der Waals surface area (Å²) >= 11 is 0. The summed E-state index contributed by atoms with van der Waals surface area (Å²) in [6, 6.07) is 9.29. The second kappa shape index (κ2) is 9.01. The fourth-order valence-corrected chi connectivity index (χ4v) is 6.91. The van der Waals surface area contributed by atoms with Crippen LogP contribution in [-0.2, 0) is 33.0 Å². The number of benzene rings is 2. The Morgan fingerprint density at radius 3 is 2.03 bits per heavy atom.